The molecule has 1 amide bonds. The fourth-order valence-electron chi connectivity index (χ4n) is 1.77. The number of nitrogens with one attached hydrogen (secondary N) is 1. The van der Waals surface area contributed by atoms with Crippen LogP contribution < -0.4 is 5.32 Å². The van der Waals surface area contributed by atoms with Gasteiger partial charge in [-0.05, 0) is 18.6 Å². The van der Waals surface area contributed by atoms with Gasteiger partial charge in [0, 0.05) is 18.8 Å². The molecule has 0 saturated heterocycles. The van der Waals surface area contributed by atoms with E-state index >= 15 is 0 Å². The fourth-order valence-corrected chi connectivity index (χ4v) is 1.77. The van der Waals surface area contributed by atoms with Gasteiger partial charge in [-0.25, -0.2) is 4.68 Å². The SMILES string of the molecule is C=CCCNC(=O)c1ccn(-c2ccccc2[N+](=O)[O-])n1. The van der Waals surface area contributed by atoms with Crippen LogP contribution in [0, 0.1) is 10.1 Å². The molecule has 21 heavy (non-hydrogen) atoms. The Balaban J connectivity index is 2.22. The molecule has 0 aliphatic rings. The van der Waals surface area contributed by atoms with Crippen molar-refractivity contribution in [3.8, 4) is 5.69 Å². The molecule has 0 aliphatic carbocycles. The number of hydrogen-bond acceptors (Lipinski definition) is 4. The summed E-state index contributed by atoms with van der Waals surface area (Å²) in [6, 6.07) is 7.73. The third-order valence-corrected chi connectivity index (χ3v) is 2.78. The number of amides is 1. The summed E-state index contributed by atoms with van der Waals surface area (Å²) in [5.74, 6) is -0.325. The highest BCUT2D eigenvalue weighted by atomic mass is 16.6. The van der Waals surface area contributed by atoms with Gasteiger partial charge in [-0.3, -0.25) is 14.9 Å². The van der Waals surface area contributed by atoms with Gasteiger partial charge in [0.05, 0.1) is 4.92 Å². The second-order valence-corrected chi connectivity index (χ2v) is 4.22. The minimum Gasteiger partial charge on any atom is -0.350 e. The smallest absolute Gasteiger partial charge is 0.294 e. The molecule has 0 unspecified atom stereocenters. The second-order valence-electron chi connectivity index (χ2n) is 4.22. The van der Waals surface area contributed by atoms with E-state index in [4.69, 9.17) is 0 Å². The Bertz CT molecular complexity index is 678. The number of carbonyl (C=O) groups is 1. The standard InChI is InChI=1S/C14H14N4O3/c1-2-3-9-15-14(19)11-8-10-17(16-11)12-6-4-5-7-13(12)18(20)21/h2,4-8,10H,1,3,9H2,(H,15,19). The number of nitrogens with zero attached hydrogens (tertiary/aromatic N) is 3. The second kappa shape index (κ2) is 6.47. The van der Waals surface area contributed by atoms with E-state index in [1.807, 2.05) is 0 Å². The zero-order chi connectivity index (χ0) is 15.2. The van der Waals surface area contributed by atoms with Crippen LogP contribution in [0.4, 0.5) is 5.69 Å². The van der Waals surface area contributed by atoms with Crippen LogP contribution in [-0.2, 0) is 0 Å². The normalized spacial score (nSPS) is 10.1. The van der Waals surface area contributed by atoms with Crippen molar-refractivity contribution in [2.45, 2.75) is 6.42 Å². The summed E-state index contributed by atoms with van der Waals surface area (Å²) >= 11 is 0. The van der Waals surface area contributed by atoms with Gasteiger partial charge in [0.15, 0.2) is 5.69 Å². The highest BCUT2D eigenvalue weighted by Gasteiger charge is 2.16. The van der Waals surface area contributed by atoms with Gasteiger partial charge < -0.3 is 5.32 Å². The van der Waals surface area contributed by atoms with E-state index < -0.39 is 4.92 Å². The first-order valence-corrected chi connectivity index (χ1v) is 6.32. The van der Waals surface area contributed by atoms with Crippen LogP contribution >= 0.6 is 0 Å². The van der Waals surface area contributed by atoms with Gasteiger partial charge in [0.1, 0.15) is 5.69 Å². The predicted octanol–water partition coefficient (Wildman–Crippen LogP) is 2.09. The number of nitro benzene ring substituents is 1. The van der Waals surface area contributed by atoms with Crippen LogP contribution in [0.3, 0.4) is 0 Å². The van der Waals surface area contributed by atoms with Crippen molar-refractivity contribution in [1.82, 2.24) is 15.1 Å². The van der Waals surface area contributed by atoms with Crippen molar-refractivity contribution >= 4 is 11.6 Å². The Kier molecular flexibility index (Phi) is 4.45. The molecule has 0 atom stereocenters. The van der Waals surface area contributed by atoms with Crippen molar-refractivity contribution in [3.63, 3.8) is 0 Å². The molecule has 1 aromatic carbocycles. The minimum absolute atomic E-state index is 0.0702. The largest absolute Gasteiger partial charge is 0.350 e. The van der Waals surface area contributed by atoms with Crippen LogP contribution in [0.5, 0.6) is 0 Å². The molecule has 7 heteroatoms. The van der Waals surface area contributed by atoms with Gasteiger partial charge in [0.2, 0.25) is 0 Å². The number of aromatic nitrogens is 2. The van der Waals surface area contributed by atoms with Gasteiger partial charge >= 0.3 is 0 Å². The highest BCUT2D eigenvalue weighted by molar-refractivity contribution is 5.92. The molecular formula is C14H14N4O3. The molecule has 1 N–H and O–H groups in total. The van der Waals surface area contributed by atoms with E-state index in [1.165, 1.54) is 23.0 Å². The number of nitro groups is 1. The highest BCUT2D eigenvalue weighted by Crippen LogP contribution is 2.21. The van der Waals surface area contributed by atoms with Gasteiger partial charge in [0.25, 0.3) is 11.6 Å². The molecule has 0 spiro atoms. The molecule has 0 fully saturated rings. The molecule has 0 aliphatic heterocycles. The first-order valence-electron chi connectivity index (χ1n) is 6.32. The Labute approximate surface area is 121 Å². The summed E-state index contributed by atoms with van der Waals surface area (Å²) in [6.45, 7) is 4.04. The van der Waals surface area contributed by atoms with E-state index in [-0.39, 0.29) is 17.3 Å². The van der Waals surface area contributed by atoms with Crippen molar-refractivity contribution in [1.29, 1.82) is 0 Å². The van der Waals surface area contributed by atoms with Gasteiger partial charge in [-0.15, -0.1) is 6.58 Å². The first-order chi connectivity index (χ1) is 10.1. The average Bonchev–Trinajstić information content (AvgIpc) is 2.97. The van der Waals surface area contributed by atoms with E-state index in [1.54, 1.807) is 24.3 Å². The molecule has 0 saturated carbocycles. The first kappa shape index (κ1) is 14.4. The summed E-state index contributed by atoms with van der Waals surface area (Å²) in [7, 11) is 0. The summed E-state index contributed by atoms with van der Waals surface area (Å²) in [6.07, 6.45) is 3.88. The maximum absolute atomic E-state index is 11.8. The minimum atomic E-state index is -0.485. The van der Waals surface area contributed by atoms with Crippen molar-refractivity contribution in [3.05, 3.63) is 65.0 Å². The molecule has 0 bridgehead atoms. The average molecular weight is 286 g/mol. The molecule has 2 rings (SSSR count). The third kappa shape index (κ3) is 3.33. The Morgan fingerprint density at radius 1 is 1.43 bits per heavy atom. The maximum atomic E-state index is 11.8. The quantitative estimate of drug-likeness (QED) is 0.381. The van der Waals surface area contributed by atoms with Crippen molar-refractivity contribution < 1.29 is 9.72 Å². The van der Waals surface area contributed by atoms with E-state index in [9.17, 15) is 14.9 Å². The molecular weight excluding hydrogens is 272 g/mol. The summed E-state index contributed by atoms with van der Waals surface area (Å²) in [5, 5.41) is 17.7. The van der Waals surface area contributed by atoms with Crippen LogP contribution in [0.25, 0.3) is 5.69 Å². The van der Waals surface area contributed by atoms with Crippen LogP contribution in [0.2, 0.25) is 0 Å². The molecule has 1 heterocycles. The van der Waals surface area contributed by atoms with Crippen LogP contribution in [0.1, 0.15) is 16.9 Å². The zero-order valence-electron chi connectivity index (χ0n) is 11.2. The lowest BCUT2D eigenvalue weighted by molar-refractivity contribution is -0.384. The Morgan fingerprint density at radius 2 is 2.19 bits per heavy atom. The fraction of sp³-hybridized carbons (Fsp3) is 0.143. The number of hydrogen-bond donors (Lipinski definition) is 1. The summed E-state index contributed by atoms with van der Waals surface area (Å²) in [4.78, 5) is 22.3. The lowest BCUT2D eigenvalue weighted by Crippen LogP contribution is -2.24. The Hall–Kier alpha value is -2.96. The van der Waals surface area contributed by atoms with Gasteiger partial charge in [-0.1, -0.05) is 18.2 Å². The molecule has 7 nitrogen and oxygen atoms in total. The topological polar surface area (TPSA) is 90.1 Å². The lowest BCUT2D eigenvalue weighted by atomic mass is 10.3. The number of rotatable bonds is 6. The maximum Gasteiger partial charge on any atom is 0.294 e. The van der Waals surface area contributed by atoms with Gasteiger partial charge in [-0.2, -0.15) is 5.10 Å². The van der Waals surface area contributed by atoms with E-state index in [0.717, 1.165) is 0 Å². The number of benzene rings is 1. The van der Waals surface area contributed by atoms with Crippen molar-refractivity contribution in [2.75, 3.05) is 6.54 Å². The molecule has 1 aromatic heterocycles. The monoisotopic (exact) mass is 286 g/mol. The van der Waals surface area contributed by atoms with E-state index in [2.05, 4.69) is 17.0 Å². The molecule has 0 radical (unpaired) electrons. The third-order valence-electron chi connectivity index (χ3n) is 2.78. The lowest BCUT2D eigenvalue weighted by Gasteiger charge is -2.02. The Morgan fingerprint density at radius 3 is 2.90 bits per heavy atom. The molecule has 2 aromatic rings. The van der Waals surface area contributed by atoms with E-state index in [0.29, 0.717) is 18.7 Å². The number of para-hydroxylation sites is 2. The summed E-state index contributed by atoms with van der Waals surface area (Å²) in [5.41, 5.74) is 0.448. The predicted molar refractivity (Wildman–Crippen MR) is 77.4 cm³/mol. The van der Waals surface area contributed by atoms with Crippen LogP contribution in [0.15, 0.2) is 49.2 Å². The van der Waals surface area contributed by atoms with Crippen LogP contribution in [-0.4, -0.2) is 27.2 Å². The number of carbonyl (C=O) groups excluding carboxylic acids is 1. The molecule has 108 valence electrons. The van der Waals surface area contributed by atoms with Crippen molar-refractivity contribution in [2.24, 2.45) is 0 Å². The summed E-state index contributed by atoms with van der Waals surface area (Å²) < 4.78 is 1.32. The zero-order valence-corrected chi connectivity index (χ0v) is 11.2.